The van der Waals surface area contributed by atoms with Crippen molar-refractivity contribution >= 4 is 40.7 Å². The number of nitro groups is 1. The van der Waals surface area contributed by atoms with Crippen molar-refractivity contribution in [2.24, 2.45) is 0 Å². The van der Waals surface area contributed by atoms with Crippen molar-refractivity contribution in [3.63, 3.8) is 0 Å². The normalized spacial score (nSPS) is 11.4. The van der Waals surface area contributed by atoms with Crippen molar-refractivity contribution in [2.75, 3.05) is 0 Å². The maximum atomic E-state index is 12.9. The average molecular weight is 474 g/mol. The van der Waals surface area contributed by atoms with Gasteiger partial charge in [0.1, 0.15) is 5.75 Å². The van der Waals surface area contributed by atoms with Gasteiger partial charge < -0.3 is 4.74 Å². The van der Waals surface area contributed by atoms with E-state index in [4.69, 9.17) is 27.9 Å². The first-order valence-corrected chi connectivity index (χ1v) is 10.1. The van der Waals surface area contributed by atoms with Gasteiger partial charge in [0.25, 0.3) is 5.69 Å². The van der Waals surface area contributed by atoms with Crippen LogP contribution >= 0.6 is 35.0 Å². The van der Waals surface area contributed by atoms with Crippen molar-refractivity contribution in [1.82, 2.24) is 0 Å². The van der Waals surface area contributed by atoms with E-state index in [1.807, 2.05) is 30.3 Å². The van der Waals surface area contributed by atoms with Gasteiger partial charge in [0.05, 0.1) is 25.4 Å². The Hall–Kier alpha value is -2.42. The maximum absolute atomic E-state index is 12.9. The van der Waals surface area contributed by atoms with E-state index >= 15 is 0 Å². The van der Waals surface area contributed by atoms with Crippen LogP contribution in [-0.4, -0.2) is 4.92 Å². The molecule has 0 atom stereocenters. The number of nitro benzene ring substituents is 1. The molecule has 0 heterocycles. The standard InChI is InChI=1S/C20H12Cl2F3NO3S/c21-15-8-13(20(23,24)25)9-16(22)19(15)29-14-6-7-17(26(27)28)18(10-14)30-11-12-4-2-1-3-5-12/h1-10H,11H2. The molecular formula is C20H12Cl2F3NO3S. The zero-order valence-electron chi connectivity index (χ0n) is 15.0. The van der Waals surface area contributed by atoms with Gasteiger partial charge in [0.15, 0.2) is 5.75 Å². The van der Waals surface area contributed by atoms with Gasteiger partial charge in [-0.15, -0.1) is 11.8 Å². The Kier molecular flexibility index (Phi) is 6.80. The van der Waals surface area contributed by atoms with Crippen molar-refractivity contribution in [1.29, 1.82) is 0 Å². The molecule has 0 amide bonds. The van der Waals surface area contributed by atoms with Crippen LogP contribution in [0.15, 0.2) is 65.6 Å². The zero-order valence-corrected chi connectivity index (χ0v) is 17.3. The third-order valence-corrected chi connectivity index (χ3v) is 5.59. The summed E-state index contributed by atoms with van der Waals surface area (Å²) in [6.45, 7) is 0. The van der Waals surface area contributed by atoms with Crippen molar-refractivity contribution in [2.45, 2.75) is 16.8 Å². The number of nitrogens with zero attached hydrogens (tertiary/aromatic N) is 1. The number of hydrogen-bond acceptors (Lipinski definition) is 4. The molecule has 10 heteroatoms. The molecule has 0 aliphatic heterocycles. The second-order valence-electron chi connectivity index (χ2n) is 6.03. The summed E-state index contributed by atoms with van der Waals surface area (Å²) in [6, 6.07) is 14.8. The molecule has 0 saturated heterocycles. The Balaban J connectivity index is 1.89. The highest BCUT2D eigenvalue weighted by Crippen LogP contribution is 2.43. The Morgan fingerprint density at radius 1 is 1.00 bits per heavy atom. The third kappa shape index (κ3) is 5.38. The largest absolute Gasteiger partial charge is 0.454 e. The van der Waals surface area contributed by atoms with Crippen molar-refractivity contribution < 1.29 is 22.8 Å². The van der Waals surface area contributed by atoms with Gasteiger partial charge in [-0.05, 0) is 23.8 Å². The molecule has 0 aliphatic rings. The summed E-state index contributed by atoms with van der Waals surface area (Å²) in [6.07, 6.45) is -4.61. The Morgan fingerprint density at radius 3 is 2.20 bits per heavy atom. The van der Waals surface area contributed by atoms with E-state index in [-0.39, 0.29) is 27.2 Å². The first-order valence-electron chi connectivity index (χ1n) is 8.34. The quantitative estimate of drug-likeness (QED) is 0.206. The van der Waals surface area contributed by atoms with E-state index in [0.29, 0.717) is 22.8 Å². The number of benzene rings is 3. The number of rotatable bonds is 6. The fourth-order valence-corrected chi connectivity index (χ4v) is 4.07. The summed E-state index contributed by atoms with van der Waals surface area (Å²) in [5, 5.41) is 10.7. The summed E-state index contributed by atoms with van der Waals surface area (Å²) in [5.41, 5.74) is -0.155. The first-order chi connectivity index (χ1) is 14.1. The average Bonchev–Trinajstić information content (AvgIpc) is 2.69. The fraction of sp³-hybridized carbons (Fsp3) is 0.100. The minimum Gasteiger partial charge on any atom is -0.454 e. The molecule has 3 aromatic carbocycles. The van der Waals surface area contributed by atoms with Gasteiger partial charge in [-0.2, -0.15) is 13.2 Å². The lowest BCUT2D eigenvalue weighted by Gasteiger charge is -2.14. The highest BCUT2D eigenvalue weighted by Gasteiger charge is 2.32. The molecule has 0 bridgehead atoms. The summed E-state index contributed by atoms with van der Waals surface area (Å²) in [4.78, 5) is 11.2. The Morgan fingerprint density at radius 2 is 1.63 bits per heavy atom. The molecule has 0 spiro atoms. The monoisotopic (exact) mass is 473 g/mol. The van der Waals surface area contributed by atoms with Gasteiger partial charge in [0.2, 0.25) is 0 Å². The van der Waals surface area contributed by atoms with E-state index in [2.05, 4.69) is 0 Å². The molecule has 156 valence electrons. The lowest BCUT2D eigenvalue weighted by molar-refractivity contribution is -0.387. The molecule has 0 aromatic heterocycles. The molecule has 0 fully saturated rings. The Bertz CT molecular complexity index is 1060. The number of ether oxygens (including phenoxy) is 1. The maximum Gasteiger partial charge on any atom is 0.416 e. The van der Waals surface area contributed by atoms with Crippen molar-refractivity contribution in [3.8, 4) is 11.5 Å². The summed E-state index contributed by atoms with van der Waals surface area (Å²) < 4.78 is 44.2. The molecule has 0 radical (unpaired) electrons. The van der Waals surface area contributed by atoms with Crippen LogP contribution in [0.5, 0.6) is 11.5 Å². The van der Waals surface area contributed by atoms with Crippen LogP contribution in [0.1, 0.15) is 11.1 Å². The summed E-state index contributed by atoms with van der Waals surface area (Å²) >= 11 is 13.1. The molecular weight excluding hydrogens is 462 g/mol. The van der Waals surface area contributed by atoms with Crippen LogP contribution in [0.25, 0.3) is 0 Å². The molecule has 3 rings (SSSR count). The first kappa shape index (κ1) is 22.3. The number of thioether (sulfide) groups is 1. The van der Waals surface area contributed by atoms with Crippen LogP contribution < -0.4 is 4.74 Å². The van der Waals surface area contributed by atoms with E-state index in [1.54, 1.807) is 0 Å². The smallest absolute Gasteiger partial charge is 0.416 e. The van der Waals surface area contributed by atoms with Crippen LogP contribution in [0.2, 0.25) is 10.0 Å². The minimum absolute atomic E-state index is 0.118. The Labute approximate surface area is 183 Å². The molecule has 0 saturated carbocycles. The molecule has 0 unspecified atom stereocenters. The van der Waals surface area contributed by atoms with E-state index < -0.39 is 16.7 Å². The lowest BCUT2D eigenvalue weighted by Crippen LogP contribution is -2.05. The van der Waals surface area contributed by atoms with Gasteiger partial charge in [0, 0.05) is 17.9 Å². The molecule has 3 aromatic rings. The highest BCUT2D eigenvalue weighted by atomic mass is 35.5. The predicted molar refractivity (Wildman–Crippen MR) is 111 cm³/mol. The van der Waals surface area contributed by atoms with E-state index in [9.17, 15) is 23.3 Å². The highest BCUT2D eigenvalue weighted by molar-refractivity contribution is 7.98. The van der Waals surface area contributed by atoms with Crippen LogP contribution in [-0.2, 0) is 11.9 Å². The lowest BCUT2D eigenvalue weighted by atomic mass is 10.2. The SMILES string of the molecule is O=[N+]([O-])c1ccc(Oc2c(Cl)cc(C(F)(F)F)cc2Cl)cc1SCc1ccccc1. The van der Waals surface area contributed by atoms with Gasteiger partial charge in [-0.1, -0.05) is 53.5 Å². The van der Waals surface area contributed by atoms with Gasteiger partial charge in [-0.3, -0.25) is 10.1 Å². The summed E-state index contributed by atoms with van der Waals surface area (Å²) in [5.74, 6) is 0.464. The minimum atomic E-state index is -4.61. The molecule has 0 N–H and O–H groups in total. The number of alkyl halides is 3. The fourth-order valence-electron chi connectivity index (χ4n) is 2.50. The number of halogens is 5. The van der Waals surface area contributed by atoms with E-state index in [1.165, 1.54) is 30.0 Å². The van der Waals surface area contributed by atoms with Crippen molar-refractivity contribution in [3.05, 3.63) is 92.0 Å². The second-order valence-corrected chi connectivity index (χ2v) is 7.86. The van der Waals surface area contributed by atoms with Crippen LogP contribution in [0.3, 0.4) is 0 Å². The molecule has 30 heavy (non-hydrogen) atoms. The summed E-state index contributed by atoms with van der Waals surface area (Å²) in [7, 11) is 0. The number of hydrogen-bond donors (Lipinski definition) is 0. The molecule has 0 aliphatic carbocycles. The van der Waals surface area contributed by atoms with Gasteiger partial charge >= 0.3 is 6.18 Å². The third-order valence-electron chi connectivity index (χ3n) is 3.91. The predicted octanol–water partition coefficient (Wildman–Crippen LogP) is 8.01. The topological polar surface area (TPSA) is 52.4 Å². The van der Waals surface area contributed by atoms with Crippen LogP contribution in [0, 0.1) is 10.1 Å². The second kappa shape index (κ2) is 9.16. The van der Waals surface area contributed by atoms with Gasteiger partial charge in [-0.25, -0.2) is 0 Å². The van der Waals surface area contributed by atoms with Crippen LogP contribution in [0.4, 0.5) is 18.9 Å². The zero-order chi connectivity index (χ0) is 21.9. The molecule has 4 nitrogen and oxygen atoms in total. The van der Waals surface area contributed by atoms with E-state index in [0.717, 1.165) is 5.56 Å².